The van der Waals surface area contributed by atoms with E-state index in [4.69, 9.17) is 5.73 Å². The van der Waals surface area contributed by atoms with Gasteiger partial charge in [-0.25, -0.2) is 0 Å². The molecule has 0 amide bonds. The van der Waals surface area contributed by atoms with Crippen molar-refractivity contribution in [3.8, 4) is 0 Å². The van der Waals surface area contributed by atoms with E-state index in [1.165, 1.54) is 75.4 Å². The van der Waals surface area contributed by atoms with Crippen LogP contribution in [0.2, 0.25) is 0 Å². The summed E-state index contributed by atoms with van der Waals surface area (Å²) in [4.78, 5) is 0. The Kier molecular flexibility index (Phi) is 3.60. The number of hydrogen-bond donors (Lipinski definition) is 1. The van der Waals surface area contributed by atoms with Crippen molar-refractivity contribution in [1.82, 2.24) is 0 Å². The molecular weight excluding hydrogens is 422 g/mol. The third-order valence-corrected chi connectivity index (χ3v) is 7.51. The quantitative estimate of drug-likeness (QED) is 0.183. The summed E-state index contributed by atoms with van der Waals surface area (Å²) < 4.78 is 0. The van der Waals surface area contributed by atoms with E-state index < -0.39 is 0 Å². The van der Waals surface area contributed by atoms with Crippen LogP contribution in [-0.2, 0) is 0 Å². The lowest BCUT2D eigenvalue weighted by Crippen LogP contribution is -1.85. The minimum Gasteiger partial charge on any atom is -0.399 e. The van der Waals surface area contributed by atoms with Gasteiger partial charge in [-0.05, 0) is 160 Å². The molecule has 0 saturated carbocycles. The molecule has 0 saturated heterocycles. The zero-order valence-corrected chi connectivity index (χ0v) is 19.0. The van der Waals surface area contributed by atoms with Crippen molar-refractivity contribution in [3.05, 3.63) is 115 Å². The SMILES string of the molecule is Nc1ccc2cc3cc4cc5cc6cc7cc8ccccc8cc7cc6cc5cc4cc3cc2c1. The van der Waals surface area contributed by atoms with Crippen molar-refractivity contribution in [3.63, 3.8) is 0 Å². The van der Waals surface area contributed by atoms with E-state index >= 15 is 0 Å². The van der Waals surface area contributed by atoms with Crippen LogP contribution >= 0.6 is 0 Å². The zero-order valence-electron chi connectivity index (χ0n) is 19.0. The summed E-state index contributed by atoms with van der Waals surface area (Å²) in [6.07, 6.45) is 0. The molecule has 8 rings (SSSR count). The van der Waals surface area contributed by atoms with Gasteiger partial charge < -0.3 is 5.73 Å². The van der Waals surface area contributed by atoms with E-state index in [2.05, 4.69) is 109 Å². The van der Waals surface area contributed by atoms with Gasteiger partial charge in [-0.3, -0.25) is 0 Å². The lowest BCUT2D eigenvalue weighted by atomic mass is 9.94. The monoisotopic (exact) mass is 443 g/mol. The number of fused-ring (bicyclic) bond motifs is 7. The number of hydrogen-bond acceptors (Lipinski definition) is 1. The van der Waals surface area contributed by atoms with Crippen molar-refractivity contribution in [2.75, 3.05) is 5.73 Å². The van der Waals surface area contributed by atoms with Crippen molar-refractivity contribution in [2.45, 2.75) is 0 Å². The highest BCUT2D eigenvalue weighted by atomic mass is 14.5. The molecule has 0 aliphatic rings. The number of rotatable bonds is 0. The van der Waals surface area contributed by atoms with E-state index in [1.54, 1.807) is 0 Å². The van der Waals surface area contributed by atoms with E-state index in [9.17, 15) is 0 Å². The summed E-state index contributed by atoms with van der Waals surface area (Å²) in [7, 11) is 0. The van der Waals surface area contributed by atoms with Gasteiger partial charge in [0.1, 0.15) is 0 Å². The first kappa shape index (κ1) is 18.8. The van der Waals surface area contributed by atoms with Crippen LogP contribution < -0.4 is 5.73 Å². The molecular formula is C34H21N. The lowest BCUT2D eigenvalue weighted by molar-refractivity contribution is 1.75. The molecule has 0 heterocycles. The molecule has 8 aromatic carbocycles. The third-order valence-electron chi connectivity index (χ3n) is 7.51. The van der Waals surface area contributed by atoms with E-state index in [0.29, 0.717) is 0 Å². The van der Waals surface area contributed by atoms with Crippen LogP contribution in [0.5, 0.6) is 0 Å². The fourth-order valence-corrected chi connectivity index (χ4v) is 5.72. The standard InChI is InChI=1S/C34H21N/c35-34-6-5-22-9-25-12-28-15-29-13-26-10-23-7-20-3-1-2-4-21(20)8-24(23)11-27(26)14-30(29)16-31(28)17-32(25)18-33(22)19-34/h1-19H,35H2. The van der Waals surface area contributed by atoms with Crippen LogP contribution in [0, 0.1) is 0 Å². The molecule has 35 heavy (non-hydrogen) atoms. The fourth-order valence-electron chi connectivity index (χ4n) is 5.72. The average molecular weight is 444 g/mol. The predicted molar refractivity (Wildman–Crippen MR) is 153 cm³/mol. The van der Waals surface area contributed by atoms with Gasteiger partial charge in [0.05, 0.1) is 0 Å². The highest BCUT2D eigenvalue weighted by Crippen LogP contribution is 2.34. The molecule has 0 unspecified atom stereocenters. The Morgan fingerprint density at radius 2 is 0.514 bits per heavy atom. The zero-order chi connectivity index (χ0) is 23.1. The van der Waals surface area contributed by atoms with Gasteiger partial charge in [-0.15, -0.1) is 0 Å². The largest absolute Gasteiger partial charge is 0.399 e. The highest BCUT2D eigenvalue weighted by molar-refractivity contribution is 6.12. The molecule has 2 N–H and O–H groups in total. The Hall–Kier alpha value is -4.62. The number of benzene rings is 8. The maximum Gasteiger partial charge on any atom is 0.0320 e. The lowest BCUT2D eigenvalue weighted by Gasteiger charge is -2.10. The molecule has 0 aliphatic carbocycles. The van der Waals surface area contributed by atoms with Gasteiger partial charge in [0.25, 0.3) is 0 Å². The van der Waals surface area contributed by atoms with Gasteiger partial charge in [0.15, 0.2) is 0 Å². The summed E-state index contributed by atoms with van der Waals surface area (Å²) in [5.41, 5.74) is 6.83. The first-order chi connectivity index (χ1) is 17.2. The molecule has 1 nitrogen and oxygen atoms in total. The van der Waals surface area contributed by atoms with Crippen LogP contribution in [0.15, 0.2) is 115 Å². The Morgan fingerprint density at radius 1 is 0.257 bits per heavy atom. The van der Waals surface area contributed by atoms with Crippen molar-refractivity contribution in [2.24, 2.45) is 0 Å². The summed E-state index contributed by atoms with van der Waals surface area (Å²) in [6.45, 7) is 0. The first-order valence-electron chi connectivity index (χ1n) is 12.0. The molecule has 0 fully saturated rings. The molecule has 0 aromatic heterocycles. The highest BCUT2D eigenvalue weighted by Gasteiger charge is 2.07. The Morgan fingerprint density at radius 3 is 0.857 bits per heavy atom. The summed E-state index contributed by atoms with van der Waals surface area (Å²) in [5.74, 6) is 0. The average Bonchev–Trinajstić information content (AvgIpc) is 2.86. The molecule has 0 bridgehead atoms. The molecule has 162 valence electrons. The fraction of sp³-hybridized carbons (Fsp3) is 0. The molecule has 0 spiro atoms. The van der Waals surface area contributed by atoms with Gasteiger partial charge in [-0.1, -0.05) is 30.3 Å². The molecule has 1 heteroatoms. The summed E-state index contributed by atoms with van der Waals surface area (Å²) in [6, 6.07) is 42.5. The van der Waals surface area contributed by atoms with Gasteiger partial charge >= 0.3 is 0 Å². The summed E-state index contributed by atoms with van der Waals surface area (Å²) in [5, 5.41) is 17.7. The predicted octanol–water partition coefficient (Wildman–Crippen LogP) is 9.34. The minimum atomic E-state index is 0.802. The third kappa shape index (κ3) is 2.88. The topological polar surface area (TPSA) is 26.0 Å². The van der Waals surface area contributed by atoms with Crippen molar-refractivity contribution < 1.29 is 0 Å². The Bertz CT molecular complexity index is 2170. The van der Waals surface area contributed by atoms with Gasteiger partial charge in [0, 0.05) is 5.69 Å². The molecule has 0 atom stereocenters. The van der Waals surface area contributed by atoms with Crippen LogP contribution in [0.4, 0.5) is 5.69 Å². The minimum absolute atomic E-state index is 0.802. The van der Waals surface area contributed by atoms with E-state index in [0.717, 1.165) is 5.69 Å². The maximum atomic E-state index is 6.03. The second-order valence-electron chi connectivity index (χ2n) is 9.80. The number of nitrogens with two attached hydrogens (primary N) is 1. The smallest absolute Gasteiger partial charge is 0.0320 e. The second-order valence-corrected chi connectivity index (χ2v) is 9.80. The molecule has 0 radical (unpaired) electrons. The number of anilines is 1. The maximum absolute atomic E-state index is 6.03. The Labute approximate surface area is 202 Å². The van der Waals surface area contributed by atoms with Gasteiger partial charge in [-0.2, -0.15) is 0 Å². The van der Waals surface area contributed by atoms with Crippen LogP contribution in [0.3, 0.4) is 0 Å². The normalized spacial score (nSPS) is 12.1. The van der Waals surface area contributed by atoms with E-state index in [-0.39, 0.29) is 0 Å². The second kappa shape index (κ2) is 6.71. The van der Waals surface area contributed by atoms with Crippen LogP contribution in [0.1, 0.15) is 0 Å². The van der Waals surface area contributed by atoms with E-state index in [1.807, 2.05) is 6.07 Å². The van der Waals surface area contributed by atoms with Crippen molar-refractivity contribution >= 4 is 81.1 Å². The molecule has 8 aromatic rings. The van der Waals surface area contributed by atoms with Gasteiger partial charge in [0.2, 0.25) is 0 Å². The molecule has 0 aliphatic heterocycles. The number of nitrogen functional groups attached to an aromatic ring is 1. The van der Waals surface area contributed by atoms with Crippen LogP contribution in [-0.4, -0.2) is 0 Å². The summed E-state index contributed by atoms with van der Waals surface area (Å²) >= 11 is 0. The first-order valence-corrected chi connectivity index (χ1v) is 12.0. The van der Waals surface area contributed by atoms with Crippen LogP contribution in [0.25, 0.3) is 75.4 Å². The Balaban J connectivity index is 1.39. The van der Waals surface area contributed by atoms with Crippen molar-refractivity contribution in [1.29, 1.82) is 0 Å².